The number of pyridine rings is 1. The largest absolute Gasteiger partial charge is 0.497 e. The molecule has 5 atom stereocenters. The van der Waals surface area contributed by atoms with Gasteiger partial charge in [0.1, 0.15) is 24.4 Å². The fourth-order valence-corrected chi connectivity index (χ4v) is 6.85. The highest BCUT2D eigenvalue weighted by atomic mass is 19.4. The topological polar surface area (TPSA) is 31.4 Å². The van der Waals surface area contributed by atoms with Crippen LogP contribution in [-0.2, 0) is 23.6 Å². The van der Waals surface area contributed by atoms with Crippen molar-refractivity contribution < 1.29 is 40.3 Å². The molecule has 0 aliphatic carbocycles. The lowest BCUT2D eigenvalue weighted by molar-refractivity contribution is -0.985. The Morgan fingerprint density at radius 3 is 2.33 bits per heavy atom. The number of methoxy groups -OCH3 is 2. The Kier molecular flexibility index (Phi) is 7.37. The number of rotatable bonds is 7. The zero-order valence-corrected chi connectivity index (χ0v) is 22.2. The summed E-state index contributed by atoms with van der Waals surface area (Å²) in [5.74, 6) is 1.04. The van der Waals surface area contributed by atoms with Gasteiger partial charge in [-0.1, -0.05) is 6.08 Å². The minimum absolute atomic E-state index is 0.00595. The maximum Gasteiger partial charge on any atom is 0.416 e. The maximum absolute atomic E-state index is 13.7. The van der Waals surface area contributed by atoms with Gasteiger partial charge in [0.25, 0.3) is 0 Å². The molecular formula is C30H31F6N2O2+. The van der Waals surface area contributed by atoms with Crippen molar-refractivity contribution in [2.24, 2.45) is 11.8 Å². The maximum atomic E-state index is 13.7. The SMILES string of the molecule is C=C[C@H]1C[N@+]2(Cc3cc(C(F)(F)F)cc(C(F)(F)F)c3)CC[C@H]1C[C@@H]2[C@@H](OC)c1ccnc2ccc(OC)cc12. The van der Waals surface area contributed by atoms with Crippen LogP contribution in [-0.4, -0.2) is 42.8 Å². The van der Waals surface area contributed by atoms with Crippen LogP contribution >= 0.6 is 0 Å². The first kappa shape index (κ1) is 28.4. The van der Waals surface area contributed by atoms with Gasteiger partial charge in [-0.05, 0) is 53.9 Å². The van der Waals surface area contributed by atoms with E-state index in [9.17, 15) is 26.3 Å². The molecule has 3 aliphatic heterocycles. The van der Waals surface area contributed by atoms with Crippen molar-refractivity contribution in [3.63, 3.8) is 0 Å². The molecule has 0 saturated carbocycles. The van der Waals surface area contributed by atoms with Crippen molar-refractivity contribution >= 4 is 10.9 Å². The number of benzene rings is 2. The molecule has 0 N–H and O–H groups in total. The van der Waals surface area contributed by atoms with E-state index in [4.69, 9.17) is 9.47 Å². The van der Waals surface area contributed by atoms with E-state index in [-0.39, 0.29) is 30.1 Å². The van der Waals surface area contributed by atoms with E-state index < -0.39 is 29.6 Å². The predicted molar refractivity (Wildman–Crippen MR) is 138 cm³/mol. The molecular weight excluding hydrogens is 534 g/mol. The number of quaternary nitrogens is 1. The van der Waals surface area contributed by atoms with Crippen molar-refractivity contribution in [2.45, 2.75) is 43.9 Å². The zero-order chi connectivity index (χ0) is 28.9. The third-order valence-electron chi connectivity index (χ3n) is 8.71. The number of halogens is 6. The fourth-order valence-electron chi connectivity index (χ4n) is 6.85. The molecule has 1 aromatic heterocycles. The molecule has 4 heterocycles. The first-order chi connectivity index (χ1) is 18.9. The van der Waals surface area contributed by atoms with Gasteiger partial charge in [0.15, 0.2) is 0 Å². The summed E-state index contributed by atoms with van der Waals surface area (Å²) >= 11 is 0. The molecule has 0 amide bonds. The van der Waals surface area contributed by atoms with Gasteiger partial charge >= 0.3 is 12.4 Å². The number of ether oxygens (including phenoxy) is 2. The average molecular weight is 566 g/mol. The monoisotopic (exact) mass is 565 g/mol. The van der Waals surface area contributed by atoms with Gasteiger partial charge in [-0.25, -0.2) is 0 Å². The van der Waals surface area contributed by atoms with Crippen LogP contribution in [0.2, 0.25) is 0 Å². The summed E-state index contributed by atoms with van der Waals surface area (Å²) in [5, 5.41) is 0.827. The molecule has 40 heavy (non-hydrogen) atoms. The molecule has 2 bridgehead atoms. The molecule has 0 radical (unpaired) electrons. The van der Waals surface area contributed by atoms with Crippen LogP contribution < -0.4 is 4.74 Å². The van der Waals surface area contributed by atoms with Gasteiger partial charge in [0, 0.05) is 43.0 Å². The number of aromatic nitrogens is 1. The molecule has 3 saturated heterocycles. The van der Waals surface area contributed by atoms with Crippen molar-refractivity contribution in [2.75, 3.05) is 27.3 Å². The Balaban J connectivity index is 1.62. The van der Waals surface area contributed by atoms with Crippen molar-refractivity contribution in [1.82, 2.24) is 4.98 Å². The Hall–Kier alpha value is -3.11. The second-order valence-corrected chi connectivity index (χ2v) is 10.9. The minimum Gasteiger partial charge on any atom is -0.497 e. The fraction of sp³-hybridized carbons (Fsp3) is 0.433. The summed E-state index contributed by atoms with van der Waals surface area (Å²) in [5.41, 5.74) is -0.993. The molecule has 10 heteroatoms. The van der Waals surface area contributed by atoms with E-state index in [2.05, 4.69) is 11.6 Å². The number of fused-ring (bicyclic) bond motifs is 4. The van der Waals surface area contributed by atoms with E-state index in [1.165, 1.54) is 0 Å². The standard InChI is InChI=1S/C30H31F6N2O2/c1-4-19-17-38(16-18-11-21(29(31,32)33)14-22(12-18)30(34,35)36)10-8-20(19)13-27(38)28(40-3)24-7-9-37-26-6-5-23(39-2)15-25(24)26/h4-7,9,11-12,14-15,19-20,27-28H,1,8,10,13,16-17H2,2-3H3/q+1/t19-,20-,27+,28-,38+/m0/s1. The first-order valence-corrected chi connectivity index (χ1v) is 13.1. The summed E-state index contributed by atoms with van der Waals surface area (Å²) in [6.07, 6.45) is -5.22. The number of nitrogens with zero attached hydrogens (tertiary/aromatic N) is 2. The summed E-state index contributed by atoms with van der Waals surface area (Å²) in [4.78, 5) is 4.46. The number of alkyl halides is 6. The van der Waals surface area contributed by atoms with Gasteiger partial charge in [-0.2, -0.15) is 26.3 Å². The summed E-state index contributed by atoms with van der Waals surface area (Å²) < 4.78 is 94.0. The number of piperidine rings is 3. The van der Waals surface area contributed by atoms with Crippen LogP contribution in [0.3, 0.4) is 0 Å². The van der Waals surface area contributed by atoms with Gasteiger partial charge in [0.05, 0.1) is 36.8 Å². The highest BCUT2D eigenvalue weighted by molar-refractivity contribution is 5.84. The third-order valence-corrected chi connectivity index (χ3v) is 8.71. The van der Waals surface area contributed by atoms with E-state index in [0.717, 1.165) is 35.0 Å². The van der Waals surface area contributed by atoms with Crippen LogP contribution in [0.1, 0.15) is 41.2 Å². The van der Waals surface area contributed by atoms with Crippen molar-refractivity contribution in [3.05, 3.63) is 83.6 Å². The van der Waals surface area contributed by atoms with Gasteiger partial charge in [-0.15, -0.1) is 6.58 Å². The van der Waals surface area contributed by atoms with Crippen LogP contribution in [0.15, 0.2) is 61.3 Å². The van der Waals surface area contributed by atoms with E-state index in [0.29, 0.717) is 35.7 Å². The van der Waals surface area contributed by atoms with Gasteiger partial charge in [-0.3, -0.25) is 4.98 Å². The smallest absolute Gasteiger partial charge is 0.416 e. The highest BCUT2D eigenvalue weighted by Gasteiger charge is 2.54. The number of hydrogen-bond acceptors (Lipinski definition) is 3. The van der Waals surface area contributed by atoms with E-state index in [1.807, 2.05) is 30.3 Å². The Morgan fingerprint density at radius 2 is 1.73 bits per heavy atom. The highest BCUT2D eigenvalue weighted by Crippen LogP contribution is 2.49. The van der Waals surface area contributed by atoms with Gasteiger partial charge in [0.2, 0.25) is 0 Å². The summed E-state index contributed by atoms with van der Waals surface area (Å²) in [7, 11) is 3.16. The van der Waals surface area contributed by atoms with E-state index in [1.54, 1.807) is 20.4 Å². The second kappa shape index (κ2) is 10.4. The Bertz CT molecular complexity index is 1370. The molecule has 3 aliphatic rings. The lowest BCUT2D eigenvalue weighted by Crippen LogP contribution is -2.67. The number of hydrogen-bond donors (Lipinski definition) is 0. The van der Waals surface area contributed by atoms with Crippen molar-refractivity contribution in [1.29, 1.82) is 0 Å². The average Bonchev–Trinajstić information content (AvgIpc) is 2.92. The van der Waals surface area contributed by atoms with Crippen molar-refractivity contribution in [3.8, 4) is 5.75 Å². The molecule has 4 nitrogen and oxygen atoms in total. The van der Waals surface area contributed by atoms with Crippen LogP contribution in [0.5, 0.6) is 5.75 Å². The quantitative estimate of drug-likeness (QED) is 0.168. The lowest BCUT2D eigenvalue weighted by atomic mass is 9.71. The van der Waals surface area contributed by atoms with Gasteiger partial charge < -0.3 is 14.0 Å². The second-order valence-electron chi connectivity index (χ2n) is 10.9. The van der Waals surface area contributed by atoms with Crippen LogP contribution in [0.25, 0.3) is 10.9 Å². The molecule has 0 unspecified atom stereocenters. The lowest BCUT2D eigenvalue weighted by Gasteiger charge is -2.58. The Morgan fingerprint density at radius 1 is 1.02 bits per heavy atom. The molecule has 0 spiro atoms. The zero-order valence-electron chi connectivity index (χ0n) is 22.2. The normalized spacial score (nSPS) is 25.6. The summed E-state index contributed by atoms with van der Waals surface area (Å²) in [6.45, 7) is 5.17. The molecule has 3 fully saturated rings. The third kappa shape index (κ3) is 5.19. The van der Waals surface area contributed by atoms with E-state index >= 15 is 0 Å². The van der Waals surface area contributed by atoms with Crippen LogP contribution in [0.4, 0.5) is 26.3 Å². The first-order valence-electron chi connectivity index (χ1n) is 13.1. The Labute approximate surface area is 228 Å². The predicted octanol–water partition coefficient (Wildman–Crippen LogP) is 7.58. The molecule has 6 rings (SSSR count). The molecule has 3 aromatic rings. The minimum atomic E-state index is -4.90. The van der Waals surface area contributed by atoms with Crippen LogP contribution in [0, 0.1) is 11.8 Å². The molecule has 2 aromatic carbocycles. The molecule has 214 valence electrons. The summed E-state index contributed by atoms with van der Waals surface area (Å²) in [6, 6.07) is 9.09.